The monoisotopic (exact) mass is 312 g/mol. The van der Waals surface area contributed by atoms with Crippen LogP contribution in [0.15, 0.2) is 42.5 Å². The highest BCUT2D eigenvalue weighted by molar-refractivity contribution is 6.42. The lowest BCUT2D eigenvalue weighted by molar-refractivity contribution is -0.114. The molecule has 2 N–H and O–H groups in total. The van der Waals surface area contributed by atoms with Crippen molar-refractivity contribution in [2.24, 2.45) is 0 Å². The fraction of sp³-hybridized carbons (Fsp3) is 0.0714. The van der Waals surface area contributed by atoms with Crippen LogP contribution in [-0.4, -0.2) is 12.5 Å². The van der Waals surface area contributed by atoms with Crippen LogP contribution in [0.25, 0.3) is 0 Å². The number of nitrogens with one attached hydrogen (secondary N) is 2. The van der Waals surface area contributed by atoms with Crippen LogP contribution in [-0.2, 0) is 4.79 Å². The number of carbonyl (C=O) groups excluding carboxylic acids is 1. The molecule has 0 spiro atoms. The second kappa shape index (κ2) is 6.59. The topological polar surface area (TPSA) is 41.1 Å². The Kier molecular flexibility index (Phi) is 4.82. The van der Waals surface area contributed by atoms with Crippen molar-refractivity contribution >= 4 is 40.5 Å². The minimum Gasteiger partial charge on any atom is -0.376 e. The van der Waals surface area contributed by atoms with Gasteiger partial charge in [0.25, 0.3) is 0 Å². The summed E-state index contributed by atoms with van der Waals surface area (Å²) in [6.45, 7) is 0.0614. The van der Waals surface area contributed by atoms with Crippen molar-refractivity contribution in [2.45, 2.75) is 0 Å². The fourth-order valence-corrected chi connectivity index (χ4v) is 1.83. The summed E-state index contributed by atoms with van der Waals surface area (Å²) in [6, 6.07) is 10.6. The van der Waals surface area contributed by atoms with E-state index in [-0.39, 0.29) is 18.3 Å². The molecule has 0 atom stereocenters. The molecule has 2 aromatic rings. The summed E-state index contributed by atoms with van der Waals surface area (Å²) in [7, 11) is 0. The van der Waals surface area contributed by atoms with Gasteiger partial charge in [-0.3, -0.25) is 4.79 Å². The Balaban J connectivity index is 1.89. The van der Waals surface area contributed by atoms with E-state index in [9.17, 15) is 9.18 Å². The highest BCUT2D eigenvalue weighted by Gasteiger charge is 2.04. The number of hydrogen-bond donors (Lipinski definition) is 2. The molecule has 0 aliphatic rings. The molecular formula is C14H11Cl2FN2O. The van der Waals surface area contributed by atoms with Gasteiger partial charge in [0.1, 0.15) is 5.82 Å². The number of amides is 1. The summed E-state index contributed by atoms with van der Waals surface area (Å²) < 4.78 is 12.7. The molecule has 6 heteroatoms. The van der Waals surface area contributed by atoms with E-state index in [2.05, 4.69) is 10.6 Å². The number of rotatable bonds is 4. The molecule has 0 heterocycles. The van der Waals surface area contributed by atoms with E-state index in [1.807, 2.05) is 0 Å². The lowest BCUT2D eigenvalue weighted by Crippen LogP contribution is -2.21. The Labute approximate surface area is 125 Å². The van der Waals surface area contributed by atoms with Gasteiger partial charge < -0.3 is 10.6 Å². The molecule has 0 aliphatic carbocycles. The molecule has 1 amide bonds. The molecule has 2 rings (SSSR count). The lowest BCUT2D eigenvalue weighted by atomic mass is 10.3. The molecule has 0 saturated heterocycles. The minimum atomic E-state index is -0.323. The summed E-state index contributed by atoms with van der Waals surface area (Å²) in [4.78, 5) is 11.7. The molecule has 20 heavy (non-hydrogen) atoms. The van der Waals surface area contributed by atoms with Crippen LogP contribution in [0.3, 0.4) is 0 Å². The van der Waals surface area contributed by atoms with E-state index in [0.717, 1.165) is 0 Å². The van der Waals surface area contributed by atoms with Crippen molar-refractivity contribution in [3.05, 3.63) is 58.3 Å². The second-order valence-electron chi connectivity index (χ2n) is 4.04. The van der Waals surface area contributed by atoms with Gasteiger partial charge in [-0.1, -0.05) is 23.2 Å². The molecular weight excluding hydrogens is 302 g/mol. The molecule has 0 aliphatic heterocycles. The molecule has 0 saturated carbocycles. The van der Waals surface area contributed by atoms with Crippen molar-refractivity contribution in [3.8, 4) is 0 Å². The van der Waals surface area contributed by atoms with Crippen LogP contribution >= 0.6 is 23.2 Å². The van der Waals surface area contributed by atoms with E-state index in [0.29, 0.717) is 21.4 Å². The van der Waals surface area contributed by atoms with Crippen LogP contribution in [0.1, 0.15) is 0 Å². The van der Waals surface area contributed by atoms with Gasteiger partial charge in [-0.15, -0.1) is 0 Å². The predicted octanol–water partition coefficient (Wildman–Crippen LogP) is 4.18. The van der Waals surface area contributed by atoms with Crippen molar-refractivity contribution in [2.75, 3.05) is 17.2 Å². The highest BCUT2D eigenvalue weighted by Crippen LogP contribution is 2.24. The van der Waals surface area contributed by atoms with Crippen LogP contribution < -0.4 is 10.6 Å². The normalized spacial score (nSPS) is 10.2. The molecule has 104 valence electrons. The van der Waals surface area contributed by atoms with Crippen molar-refractivity contribution in [1.82, 2.24) is 0 Å². The first-order valence-corrected chi connectivity index (χ1v) is 6.54. The van der Waals surface area contributed by atoms with Crippen molar-refractivity contribution in [1.29, 1.82) is 0 Å². The van der Waals surface area contributed by atoms with Gasteiger partial charge in [0, 0.05) is 11.4 Å². The zero-order valence-electron chi connectivity index (χ0n) is 10.3. The maximum Gasteiger partial charge on any atom is 0.243 e. The zero-order valence-corrected chi connectivity index (χ0v) is 11.8. The van der Waals surface area contributed by atoms with Crippen LogP contribution in [0.5, 0.6) is 0 Å². The number of carbonyl (C=O) groups is 1. The van der Waals surface area contributed by atoms with E-state index < -0.39 is 0 Å². The summed E-state index contributed by atoms with van der Waals surface area (Å²) in [5.74, 6) is -0.566. The Morgan fingerprint density at radius 1 is 1.00 bits per heavy atom. The molecule has 2 aromatic carbocycles. The largest absolute Gasteiger partial charge is 0.376 e. The van der Waals surface area contributed by atoms with Crippen LogP contribution in [0, 0.1) is 5.82 Å². The summed E-state index contributed by atoms with van der Waals surface area (Å²) in [6.07, 6.45) is 0. The first kappa shape index (κ1) is 14.6. The fourth-order valence-electron chi connectivity index (χ4n) is 1.53. The summed E-state index contributed by atoms with van der Waals surface area (Å²) in [5.41, 5.74) is 1.22. The highest BCUT2D eigenvalue weighted by atomic mass is 35.5. The smallest absolute Gasteiger partial charge is 0.243 e. The zero-order chi connectivity index (χ0) is 14.5. The molecule has 3 nitrogen and oxygen atoms in total. The maximum atomic E-state index is 12.7. The quantitative estimate of drug-likeness (QED) is 0.889. The van der Waals surface area contributed by atoms with E-state index in [4.69, 9.17) is 23.2 Å². The Hall–Kier alpha value is -1.78. The lowest BCUT2D eigenvalue weighted by Gasteiger charge is -2.08. The van der Waals surface area contributed by atoms with Gasteiger partial charge in [-0.25, -0.2) is 4.39 Å². The number of anilines is 2. The third kappa shape index (κ3) is 4.11. The van der Waals surface area contributed by atoms with Gasteiger partial charge in [0.15, 0.2) is 0 Å². The average molecular weight is 313 g/mol. The molecule has 0 radical (unpaired) electrons. The summed E-state index contributed by atoms with van der Waals surface area (Å²) in [5, 5.41) is 6.35. The SMILES string of the molecule is O=C(CNc1ccc(F)cc1)Nc1ccc(Cl)c(Cl)c1. The number of benzene rings is 2. The number of halogens is 3. The van der Waals surface area contributed by atoms with Gasteiger partial charge in [-0.2, -0.15) is 0 Å². The second-order valence-corrected chi connectivity index (χ2v) is 4.85. The van der Waals surface area contributed by atoms with Gasteiger partial charge in [0.05, 0.1) is 16.6 Å². The standard InChI is InChI=1S/C14H11Cl2FN2O/c15-12-6-5-11(7-13(12)16)19-14(20)8-18-10-3-1-9(17)2-4-10/h1-7,18H,8H2,(H,19,20). The Bertz CT molecular complexity index is 617. The van der Waals surface area contributed by atoms with Gasteiger partial charge >= 0.3 is 0 Å². The molecule has 0 bridgehead atoms. The first-order chi connectivity index (χ1) is 9.54. The minimum absolute atomic E-state index is 0.0614. The predicted molar refractivity (Wildman–Crippen MR) is 80.0 cm³/mol. The Morgan fingerprint density at radius 2 is 1.65 bits per heavy atom. The van der Waals surface area contributed by atoms with E-state index >= 15 is 0 Å². The van der Waals surface area contributed by atoms with Crippen LogP contribution in [0.4, 0.5) is 15.8 Å². The third-order valence-electron chi connectivity index (χ3n) is 2.50. The third-order valence-corrected chi connectivity index (χ3v) is 3.24. The number of hydrogen-bond acceptors (Lipinski definition) is 2. The van der Waals surface area contributed by atoms with Crippen molar-refractivity contribution < 1.29 is 9.18 Å². The van der Waals surface area contributed by atoms with Crippen molar-refractivity contribution in [3.63, 3.8) is 0 Å². The average Bonchev–Trinajstić information content (AvgIpc) is 2.42. The maximum absolute atomic E-state index is 12.7. The molecule has 0 unspecified atom stereocenters. The molecule has 0 aromatic heterocycles. The van der Waals surface area contributed by atoms with Gasteiger partial charge in [-0.05, 0) is 42.5 Å². The van der Waals surface area contributed by atoms with E-state index in [1.165, 1.54) is 12.1 Å². The first-order valence-electron chi connectivity index (χ1n) is 5.79. The van der Waals surface area contributed by atoms with Gasteiger partial charge in [0.2, 0.25) is 5.91 Å². The summed E-state index contributed by atoms with van der Waals surface area (Å²) >= 11 is 11.6. The Morgan fingerprint density at radius 3 is 2.30 bits per heavy atom. The van der Waals surface area contributed by atoms with Crippen LogP contribution in [0.2, 0.25) is 10.0 Å². The molecule has 0 fully saturated rings. The van der Waals surface area contributed by atoms with E-state index in [1.54, 1.807) is 30.3 Å².